The summed E-state index contributed by atoms with van der Waals surface area (Å²) < 4.78 is 0.126. The SMILES string of the molecule is CCCCCCCCCCCCCCCCN(CCNCC(C)(C)S)CC(C)(C)S.[188Re].[O-2]. The number of thiol groups is 2. The van der Waals surface area contributed by atoms with Crippen molar-refractivity contribution in [3.63, 3.8) is 0 Å². The Morgan fingerprint density at radius 1 is 0.625 bits per heavy atom. The van der Waals surface area contributed by atoms with Crippen molar-refractivity contribution in [3.8, 4) is 0 Å². The van der Waals surface area contributed by atoms with E-state index in [1.807, 2.05) is 0 Å². The Hall–Kier alpha value is 1.24. The Morgan fingerprint density at radius 2 is 1.03 bits per heavy atom. The monoisotopic (exact) mass is 664 g/mol. The van der Waals surface area contributed by atoms with E-state index in [1.165, 1.54) is 96.4 Å². The van der Waals surface area contributed by atoms with Crippen LogP contribution in [0.15, 0.2) is 0 Å². The molecule has 0 bridgehead atoms. The zero-order valence-electron chi connectivity index (χ0n) is 22.1. The molecule has 0 saturated carbocycles. The van der Waals surface area contributed by atoms with Crippen LogP contribution in [0.1, 0.15) is 125 Å². The molecule has 32 heavy (non-hydrogen) atoms. The van der Waals surface area contributed by atoms with E-state index in [0.29, 0.717) is 0 Å². The van der Waals surface area contributed by atoms with Crippen LogP contribution in [0.2, 0.25) is 0 Å². The molecule has 6 heteroatoms. The minimum atomic E-state index is 0. The summed E-state index contributed by atoms with van der Waals surface area (Å²) in [4.78, 5) is 2.59. The van der Waals surface area contributed by atoms with Crippen LogP contribution in [-0.4, -0.2) is 47.1 Å². The molecule has 0 aromatic rings. The van der Waals surface area contributed by atoms with Crippen LogP contribution in [-0.2, 0) is 25.9 Å². The van der Waals surface area contributed by atoms with Crippen molar-refractivity contribution in [1.82, 2.24) is 10.2 Å². The first-order valence-electron chi connectivity index (χ1n) is 13.0. The molecule has 3 nitrogen and oxygen atoms in total. The normalized spacial score (nSPS) is 12.0. The van der Waals surface area contributed by atoms with Gasteiger partial charge in [-0.15, -0.1) is 0 Å². The Bertz CT molecular complexity index is 374. The minimum absolute atomic E-state index is 0. The molecule has 0 unspecified atom stereocenters. The molecule has 0 aliphatic rings. The maximum Gasteiger partial charge on any atom is 0.0200 e. The summed E-state index contributed by atoms with van der Waals surface area (Å²) >= 11 is 9.35. The van der Waals surface area contributed by atoms with Crippen LogP contribution in [0.5, 0.6) is 0 Å². The average molecular weight is 665 g/mol. The van der Waals surface area contributed by atoms with E-state index in [-0.39, 0.29) is 35.4 Å². The van der Waals surface area contributed by atoms with Crippen molar-refractivity contribution < 1.29 is 25.9 Å². The van der Waals surface area contributed by atoms with E-state index >= 15 is 0 Å². The first kappa shape index (κ1) is 37.8. The summed E-state index contributed by atoms with van der Waals surface area (Å²) in [5.41, 5.74) is 0. The van der Waals surface area contributed by atoms with Gasteiger partial charge in [0.15, 0.2) is 0 Å². The first-order valence-corrected chi connectivity index (χ1v) is 13.9. The van der Waals surface area contributed by atoms with Crippen molar-refractivity contribution in [2.45, 2.75) is 134 Å². The molecular weight excluding hydrogens is 608 g/mol. The predicted octanol–water partition coefficient (Wildman–Crippen LogP) is 7.65. The zero-order valence-corrected chi connectivity index (χ0v) is 26.6. The molecule has 0 aromatic heterocycles. The molecule has 0 aliphatic carbocycles. The van der Waals surface area contributed by atoms with Gasteiger partial charge in [-0.3, -0.25) is 0 Å². The summed E-state index contributed by atoms with van der Waals surface area (Å²) in [5.74, 6) is 0. The summed E-state index contributed by atoms with van der Waals surface area (Å²) in [6.45, 7) is 16.4. The predicted molar refractivity (Wildman–Crippen MR) is 146 cm³/mol. The maximum absolute atomic E-state index is 4.76. The van der Waals surface area contributed by atoms with Crippen LogP contribution < -0.4 is 5.32 Å². The van der Waals surface area contributed by atoms with Crippen LogP contribution in [0.4, 0.5) is 0 Å². The average Bonchev–Trinajstić information content (AvgIpc) is 2.63. The fourth-order valence-electron chi connectivity index (χ4n) is 3.98. The number of hydrogen-bond donors (Lipinski definition) is 3. The largest absolute Gasteiger partial charge is 2.00 e. The molecule has 0 rings (SSSR count). The Morgan fingerprint density at radius 3 is 1.41 bits per heavy atom. The van der Waals surface area contributed by atoms with Gasteiger partial charge in [-0.1, -0.05) is 90.4 Å². The molecule has 0 saturated heterocycles. The van der Waals surface area contributed by atoms with Gasteiger partial charge < -0.3 is 15.7 Å². The smallest absolute Gasteiger partial charge is 0.0200 e. The van der Waals surface area contributed by atoms with E-state index in [4.69, 9.17) is 12.6 Å². The van der Waals surface area contributed by atoms with Gasteiger partial charge in [0.2, 0.25) is 0 Å². The Balaban J connectivity index is -0.00000420. The van der Waals surface area contributed by atoms with E-state index in [9.17, 15) is 0 Å². The number of unbranched alkanes of at least 4 members (excludes halogenated alkanes) is 13. The molecule has 0 fully saturated rings. The van der Waals surface area contributed by atoms with Crippen molar-refractivity contribution in [2.75, 3.05) is 32.7 Å². The van der Waals surface area contributed by atoms with E-state index in [2.05, 4.69) is 57.5 Å². The van der Waals surface area contributed by atoms with Gasteiger partial charge in [0.05, 0.1) is 0 Å². The molecular formula is C26H56N2OReS2-2. The fourth-order valence-corrected chi connectivity index (χ4v) is 4.29. The van der Waals surface area contributed by atoms with Crippen LogP contribution in [0, 0.1) is 0 Å². The topological polar surface area (TPSA) is 43.8 Å². The molecule has 0 heterocycles. The van der Waals surface area contributed by atoms with Crippen LogP contribution >= 0.6 is 25.3 Å². The minimum Gasteiger partial charge on any atom is -2.00 e. The number of nitrogens with zero attached hydrogens (tertiary/aromatic N) is 1. The summed E-state index contributed by atoms with van der Waals surface area (Å²) in [7, 11) is 0. The molecule has 0 aliphatic heterocycles. The van der Waals surface area contributed by atoms with Gasteiger partial charge in [-0.25, -0.2) is 0 Å². The quantitative estimate of drug-likeness (QED) is 0.0823. The van der Waals surface area contributed by atoms with Crippen molar-refractivity contribution in [1.29, 1.82) is 0 Å². The number of rotatable bonds is 22. The molecule has 197 valence electrons. The Labute approximate surface area is 227 Å². The van der Waals surface area contributed by atoms with Crippen molar-refractivity contribution >= 4 is 25.3 Å². The van der Waals surface area contributed by atoms with E-state index in [1.54, 1.807) is 0 Å². The molecule has 1 N–H and O–H groups in total. The van der Waals surface area contributed by atoms with Crippen LogP contribution in [0.3, 0.4) is 0 Å². The van der Waals surface area contributed by atoms with Gasteiger partial charge in [-0.05, 0) is 40.7 Å². The second kappa shape index (κ2) is 24.0. The molecule has 0 aromatic carbocycles. The first-order chi connectivity index (χ1) is 14.1. The molecule has 0 amide bonds. The van der Waals surface area contributed by atoms with Crippen LogP contribution in [0.25, 0.3) is 0 Å². The fraction of sp³-hybridized carbons (Fsp3) is 1.00. The third-order valence-electron chi connectivity index (χ3n) is 5.60. The summed E-state index contributed by atoms with van der Waals surface area (Å²) in [6.07, 6.45) is 19.9. The second-order valence-corrected chi connectivity index (χ2v) is 13.1. The van der Waals surface area contributed by atoms with E-state index < -0.39 is 0 Å². The van der Waals surface area contributed by atoms with Gasteiger partial charge >= 0.3 is 0 Å². The summed E-state index contributed by atoms with van der Waals surface area (Å²) in [6, 6.07) is 0. The van der Waals surface area contributed by atoms with Gasteiger partial charge in [0.25, 0.3) is 0 Å². The van der Waals surface area contributed by atoms with Crippen molar-refractivity contribution in [2.24, 2.45) is 0 Å². The second-order valence-electron chi connectivity index (χ2n) is 10.7. The Kier molecular flexibility index (Phi) is 28.3. The van der Waals surface area contributed by atoms with Crippen molar-refractivity contribution in [3.05, 3.63) is 0 Å². The van der Waals surface area contributed by atoms with Gasteiger partial charge in [-0.2, -0.15) is 25.3 Å². The third kappa shape index (κ3) is 31.2. The standard InChI is InChI=1S/C26H56N2S2.O.Re/c1-6-7-8-9-10-11-12-13-14-15-16-17-18-19-21-28(24-26(4,5)30)22-20-27-23-25(2,3)29;;/h27,29-30H,6-24H2,1-5H3;;/q;-2;/i;;1+2. The van der Waals surface area contributed by atoms with Gasteiger partial charge in [0, 0.05) is 56.1 Å². The number of hydrogen-bond acceptors (Lipinski definition) is 4. The van der Waals surface area contributed by atoms with E-state index in [0.717, 1.165) is 26.2 Å². The third-order valence-corrected chi connectivity index (χ3v) is 5.90. The van der Waals surface area contributed by atoms with Gasteiger partial charge in [0.1, 0.15) is 0 Å². The zero-order chi connectivity index (χ0) is 22.7. The molecule has 0 spiro atoms. The summed E-state index contributed by atoms with van der Waals surface area (Å²) in [5, 5.41) is 3.55. The molecule has 1 radical (unpaired) electrons. The number of nitrogens with one attached hydrogen (secondary N) is 1. The maximum atomic E-state index is 4.76. The molecule has 0 atom stereocenters.